The van der Waals surface area contributed by atoms with Crippen LogP contribution in [0.1, 0.15) is 50.7 Å². The zero-order valence-electron chi connectivity index (χ0n) is 20.7. The van der Waals surface area contributed by atoms with Gasteiger partial charge in [-0.2, -0.15) is 0 Å². The summed E-state index contributed by atoms with van der Waals surface area (Å²) in [6.07, 6.45) is 5.11. The van der Waals surface area contributed by atoms with E-state index < -0.39 is 0 Å². The fraction of sp³-hybridized carbons (Fsp3) is 0.538. The van der Waals surface area contributed by atoms with Gasteiger partial charge in [-0.25, -0.2) is 0 Å². The van der Waals surface area contributed by atoms with Crippen LogP contribution in [0.15, 0.2) is 48.5 Å². The number of halogens is 2. The van der Waals surface area contributed by atoms with Crippen molar-refractivity contribution < 1.29 is 45.1 Å². The molecule has 0 spiro atoms. The Morgan fingerprint density at radius 2 is 0.909 bits per heavy atom. The van der Waals surface area contributed by atoms with E-state index in [1.807, 2.05) is 50.2 Å². The summed E-state index contributed by atoms with van der Waals surface area (Å²) < 4.78 is 9.89. The second-order valence-corrected chi connectivity index (χ2v) is 7.16. The molecule has 2 heterocycles. The number of benzene rings is 2. The van der Waals surface area contributed by atoms with E-state index in [0.29, 0.717) is 0 Å². The number of ether oxygens (including phenoxy) is 2. The fourth-order valence-corrected chi connectivity index (χ4v) is 2.84. The molecule has 2 fully saturated rings. The average molecular weight is 542 g/mol. The molecule has 0 amide bonds. The number of rotatable bonds is 4. The summed E-state index contributed by atoms with van der Waals surface area (Å²) >= 11 is 0. The summed E-state index contributed by atoms with van der Waals surface area (Å²) in [4.78, 5) is 0. The molecule has 2 saturated heterocycles. The van der Waals surface area contributed by atoms with E-state index in [9.17, 15) is 0 Å². The molecule has 0 saturated carbocycles. The van der Waals surface area contributed by atoms with Crippen molar-refractivity contribution in [2.75, 3.05) is 39.5 Å². The van der Waals surface area contributed by atoms with Gasteiger partial charge in [-0.1, -0.05) is 73.5 Å². The molecular formula is C26H40F2N2O2Zr. The molecule has 0 atom stereocenters. The quantitative estimate of drug-likeness (QED) is 0.591. The molecule has 0 N–H and O–H groups in total. The van der Waals surface area contributed by atoms with Gasteiger partial charge in [0.25, 0.3) is 0 Å². The van der Waals surface area contributed by atoms with E-state index in [1.54, 1.807) is 0 Å². The van der Waals surface area contributed by atoms with Crippen LogP contribution in [-0.4, -0.2) is 39.5 Å². The SMILES string of the molecule is C1CCOC1.C1CCOC1.CC[N-]c1ccccc1C.CC[N-]c1ccccc1C.[F-].[F-].[Zr+4]. The molecule has 4 rings (SSSR count). The maximum absolute atomic E-state index is 4.94. The molecule has 0 unspecified atom stereocenters. The Labute approximate surface area is 219 Å². The summed E-state index contributed by atoms with van der Waals surface area (Å²) in [5, 5.41) is 8.61. The third kappa shape index (κ3) is 18.8. The number of para-hydroxylation sites is 2. The molecule has 33 heavy (non-hydrogen) atoms. The van der Waals surface area contributed by atoms with E-state index in [0.717, 1.165) is 50.9 Å². The normalized spacial score (nSPS) is 13.0. The van der Waals surface area contributed by atoms with Crippen molar-refractivity contribution in [1.82, 2.24) is 0 Å². The zero-order valence-corrected chi connectivity index (χ0v) is 23.1. The van der Waals surface area contributed by atoms with Gasteiger partial charge in [0, 0.05) is 26.4 Å². The summed E-state index contributed by atoms with van der Waals surface area (Å²) in [7, 11) is 0. The summed E-state index contributed by atoms with van der Waals surface area (Å²) in [5.74, 6) is 0. The van der Waals surface area contributed by atoms with Crippen molar-refractivity contribution in [2.24, 2.45) is 0 Å². The Kier molecular flexibility index (Phi) is 27.8. The molecule has 2 aromatic carbocycles. The van der Waals surface area contributed by atoms with Gasteiger partial charge in [0.15, 0.2) is 0 Å². The number of nitrogens with zero attached hydrogens (tertiary/aromatic N) is 2. The summed E-state index contributed by atoms with van der Waals surface area (Å²) in [6.45, 7) is 14.0. The molecule has 7 heteroatoms. The monoisotopic (exact) mass is 540 g/mol. The standard InChI is InChI=1S/2C9H12N.2C4H8O.2FH.Zr/c2*1-3-10-9-7-5-4-6-8(9)2;2*1-2-4-5-3-1;;;/h2*4-7H,3H2,1-2H3;2*1-4H2;2*1H;/q2*-1;;;;;+4/p-2. The van der Waals surface area contributed by atoms with Gasteiger partial charge < -0.3 is 29.5 Å². The molecule has 184 valence electrons. The Balaban J connectivity index is -0.000000368. The topological polar surface area (TPSA) is 46.7 Å². The molecule has 2 aromatic rings. The largest absolute Gasteiger partial charge is 4.00 e. The molecule has 0 bridgehead atoms. The predicted molar refractivity (Wildman–Crippen MR) is 130 cm³/mol. The van der Waals surface area contributed by atoms with E-state index in [4.69, 9.17) is 9.47 Å². The van der Waals surface area contributed by atoms with Crippen LogP contribution >= 0.6 is 0 Å². The Bertz CT molecular complexity index is 598. The molecular weight excluding hydrogens is 502 g/mol. The van der Waals surface area contributed by atoms with Crippen LogP contribution in [-0.2, 0) is 35.7 Å². The van der Waals surface area contributed by atoms with Gasteiger partial charge in [0.2, 0.25) is 0 Å². The number of aryl methyl sites for hydroxylation is 2. The van der Waals surface area contributed by atoms with Crippen LogP contribution in [0.4, 0.5) is 11.4 Å². The number of hydrogen-bond acceptors (Lipinski definition) is 2. The minimum atomic E-state index is 0. The van der Waals surface area contributed by atoms with Gasteiger partial charge in [-0.15, -0.1) is 24.5 Å². The van der Waals surface area contributed by atoms with E-state index in [1.165, 1.54) is 36.8 Å². The summed E-state index contributed by atoms with van der Waals surface area (Å²) in [5.41, 5.74) is 4.74. The first-order chi connectivity index (χ1) is 14.7. The molecule has 0 aromatic heterocycles. The maximum atomic E-state index is 4.94. The van der Waals surface area contributed by atoms with Crippen molar-refractivity contribution in [3.05, 3.63) is 70.3 Å². The van der Waals surface area contributed by atoms with Crippen LogP contribution in [0, 0.1) is 13.8 Å². The second-order valence-electron chi connectivity index (χ2n) is 7.16. The smallest absolute Gasteiger partial charge is 1.00 e. The minimum absolute atomic E-state index is 0. The van der Waals surface area contributed by atoms with Crippen LogP contribution in [0.25, 0.3) is 10.6 Å². The van der Waals surface area contributed by atoms with Crippen molar-refractivity contribution >= 4 is 11.4 Å². The zero-order chi connectivity index (χ0) is 21.9. The first-order valence-electron chi connectivity index (χ1n) is 11.3. The Hall–Kier alpha value is -1.30. The molecule has 0 radical (unpaired) electrons. The maximum Gasteiger partial charge on any atom is 4.00 e. The second kappa shape index (κ2) is 25.3. The van der Waals surface area contributed by atoms with Crippen molar-refractivity contribution in [3.8, 4) is 0 Å². The molecule has 2 aliphatic rings. The van der Waals surface area contributed by atoms with Crippen molar-refractivity contribution in [3.63, 3.8) is 0 Å². The Morgan fingerprint density at radius 3 is 1.12 bits per heavy atom. The van der Waals surface area contributed by atoms with E-state index >= 15 is 0 Å². The average Bonchev–Trinajstić information content (AvgIpc) is 3.52. The van der Waals surface area contributed by atoms with E-state index in [2.05, 4.69) is 36.6 Å². The van der Waals surface area contributed by atoms with Gasteiger partial charge in [-0.3, -0.25) is 0 Å². The predicted octanol–water partition coefficient (Wildman–Crippen LogP) is 1.64. The molecule has 4 nitrogen and oxygen atoms in total. The van der Waals surface area contributed by atoms with Gasteiger partial charge in [0.05, 0.1) is 0 Å². The van der Waals surface area contributed by atoms with Gasteiger partial charge >= 0.3 is 26.2 Å². The fourth-order valence-electron chi connectivity index (χ4n) is 2.84. The Morgan fingerprint density at radius 1 is 0.606 bits per heavy atom. The third-order valence-electron chi connectivity index (χ3n) is 4.54. The first kappa shape index (κ1) is 36.3. The molecule has 2 aliphatic heterocycles. The van der Waals surface area contributed by atoms with Crippen LogP contribution in [0.3, 0.4) is 0 Å². The third-order valence-corrected chi connectivity index (χ3v) is 4.54. The summed E-state index contributed by atoms with van der Waals surface area (Å²) in [6, 6.07) is 16.3. The van der Waals surface area contributed by atoms with Crippen LogP contribution < -0.4 is 9.41 Å². The van der Waals surface area contributed by atoms with Crippen LogP contribution in [0.5, 0.6) is 0 Å². The van der Waals surface area contributed by atoms with Gasteiger partial charge in [0.1, 0.15) is 0 Å². The van der Waals surface area contributed by atoms with Crippen molar-refractivity contribution in [2.45, 2.75) is 53.4 Å². The van der Waals surface area contributed by atoms with E-state index in [-0.39, 0.29) is 35.6 Å². The molecule has 0 aliphatic carbocycles. The first-order valence-corrected chi connectivity index (χ1v) is 11.3. The van der Waals surface area contributed by atoms with Crippen molar-refractivity contribution in [1.29, 1.82) is 0 Å². The van der Waals surface area contributed by atoms with Gasteiger partial charge in [-0.05, 0) is 39.5 Å². The van der Waals surface area contributed by atoms with Crippen LogP contribution in [0.2, 0.25) is 0 Å². The number of hydrogen-bond donors (Lipinski definition) is 0. The minimum Gasteiger partial charge on any atom is -1.00 e.